The van der Waals surface area contributed by atoms with Crippen LogP contribution in [0.15, 0.2) is 18.2 Å². The molecule has 13 heavy (non-hydrogen) atoms. The van der Waals surface area contributed by atoms with E-state index in [4.69, 9.17) is 10.7 Å². The molecule has 2 heteroatoms. The summed E-state index contributed by atoms with van der Waals surface area (Å²) >= 11 is 0. The van der Waals surface area contributed by atoms with Gasteiger partial charge in [0.2, 0.25) is 0 Å². The van der Waals surface area contributed by atoms with Gasteiger partial charge in [-0.3, -0.25) is 0 Å². The van der Waals surface area contributed by atoms with Gasteiger partial charge in [-0.25, -0.2) is 0 Å². The Morgan fingerprint density at radius 2 is 1.85 bits per heavy atom. The fourth-order valence-electron chi connectivity index (χ4n) is 1.25. The Balaban J connectivity index is 3.10. The van der Waals surface area contributed by atoms with Crippen LogP contribution >= 0.6 is 0 Å². The maximum Gasteiger partial charge on any atom is 0.149 e. The maximum atomic E-state index is 5.11. The van der Waals surface area contributed by atoms with Crippen LogP contribution in [0.3, 0.4) is 0 Å². The molecule has 0 atom stereocenters. The average Bonchev–Trinajstić information content (AvgIpc) is 2.02. The van der Waals surface area contributed by atoms with E-state index in [1.165, 1.54) is 5.56 Å². The quantitative estimate of drug-likeness (QED) is 0.672. The highest BCUT2D eigenvalue weighted by Gasteiger charge is 2.14. The molecule has 0 unspecified atom stereocenters. The van der Waals surface area contributed by atoms with Crippen molar-refractivity contribution in [1.29, 1.82) is 0 Å². The summed E-state index contributed by atoms with van der Waals surface area (Å²) in [5, 5.41) is 0. The molecule has 0 aliphatic carbocycles. The number of hydrogen-bond donors (Lipinski definition) is 1. The summed E-state index contributed by atoms with van der Waals surface area (Å²) in [5.74, 6) is 5.85. The Kier molecular flexibility index (Phi) is 2.62. The third kappa shape index (κ3) is 2.22. The number of benzene rings is 1. The van der Waals surface area contributed by atoms with Gasteiger partial charge in [-0.05, 0) is 29.5 Å². The molecule has 1 rings (SSSR count). The Hall–Kier alpha value is -1.02. The third-order valence-corrected chi connectivity index (χ3v) is 2.17. The highest BCUT2D eigenvalue weighted by atomic mass is 16.6. The number of nitrogens with two attached hydrogens (primary N) is 1. The Morgan fingerprint density at radius 3 is 2.23 bits per heavy atom. The van der Waals surface area contributed by atoms with Gasteiger partial charge in [-0.2, -0.15) is 5.90 Å². The van der Waals surface area contributed by atoms with Crippen molar-refractivity contribution < 1.29 is 4.84 Å². The van der Waals surface area contributed by atoms with E-state index >= 15 is 0 Å². The molecule has 0 aliphatic rings. The molecule has 0 aliphatic heterocycles. The van der Waals surface area contributed by atoms with Crippen LogP contribution < -0.4 is 10.7 Å². The fourth-order valence-corrected chi connectivity index (χ4v) is 1.25. The molecule has 2 nitrogen and oxygen atoms in total. The van der Waals surface area contributed by atoms with E-state index in [1.807, 2.05) is 13.0 Å². The molecule has 1 aromatic carbocycles. The zero-order valence-electron chi connectivity index (χ0n) is 8.72. The topological polar surface area (TPSA) is 35.2 Å². The van der Waals surface area contributed by atoms with Crippen LogP contribution in [0.4, 0.5) is 0 Å². The second-order valence-electron chi connectivity index (χ2n) is 4.35. The van der Waals surface area contributed by atoms with Crippen LogP contribution in [-0.4, -0.2) is 0 Å². The van der Waals surface area contributed by atoms with Crippen molar-refractivity contribution in [1.82, 2.24) is 0 Å². The van der Waals surface area contributed by atoms with Gasteiger partial charge >= 0.3 is 0 Å². The largest absolute Gasteiger partial charge is 0.411 e. The SMILES string of the molecule is Cc1cc(C(C)(C)C)ccc1ON. The van der Waals surface area contributed by atoms with Gasteiger partial charge < -0.3 is 4.84 Å². The monoisotopic (exact) mass is 179 g/mol. The minimum absolute atomic E-state index is 0.178. The van der Waals surface area contributed by atoms with Gasteiger partial charge in [0.25, 0.3) is 0 Å². The molecular formula is C11H17NO. The van der Waals surface area contributed by atoms with E-state index < -0.39 is 0 Å². The lowest BCUT2D eigenvalue weighted by Gasteiger charge is -2.20. The first-order chi connectivity index (χ1) is 5.95. The molecule has 0 heterocycles. The smallest absolute Gasteiger partial charge is 0.149 e. The summed E-state index contributed by atoms with van der Waals surface area (Å²) in [6, 6.07) is 6.08. The van der Waals surface area contributed by atoms with Gasteiger partial charge in [0.1, 0.15) is 5.75 Å². The van der Waals surface area contributed by atoms with Crippen LogP contribution in [0.2, 0.25) is 0 Å². The Morgan fingerprint density at radius 1 is 1.23 bits per heavy atom. The molecule has 0 fully saturated rings. The standard InChI is InChI=1S/C11H17NO/c1-8-7-9(11(2,3)4)5-6-10(8)13-12/h5-7H,12H2,1-4H3. The van der Waals surface area contributed by atoms with Crippen LogP contribution in [0.5, 0.6) is 5.75 Å². The van der Waals surface area contributed by atoms with Crippen molar-refractivity contribution in [3.05, 3.63) is 29.3 Å². The van der Waals surface area contributed by atoms with Gasteiger partial charge in [0.15, 0.2) is 0 Å². The van der Waals surface area contributed by atoms with E-state index in [-0.39, 0.29) is 5.41 Å². The maximum absolute atomic E-state index is 5.11. The van der Waals surface area contributed by atoms with Crippen LogP contribution in [0.25, 0.3) is 0 Å². The van der Waals surface area contributed by atoms with Gasteiger partial charge in [-0.15, -0.1) is 0 Å². The number of aryl methyl sites for hydroxylation is 1. The molecule has 0 aromatic heterocycles. The molecule has 2 N–H and O–H groups in total. The van der Waals surface area contributed by atoms with Gasteiger partial charge in [-0.1, -0.05) is 32.9 Å². The molecule has 0 radical (unpaired) electrons. The lowest BCUT2D eigenvalue weighted by atomic mass is 9.86. The Labute approximate surface area is 79.7 Å². The van der Waals surface area contributed by atoms with Crippen molar-refractivity contribution in [2.75, 3.05) is 0 Å². The first-order valence-corrected chi connectivity index (χ1v) is 4.43. The highest BCUT2D eigenvalue weighted by molar-refractivity contribution is 5.38. The van der Waals surface area contributed by atoms with E-state index in [1.54, 1.807) is 0 Å². The molecule has 0 spiro atoms. The van der Waals surface area contributed by atoms with Gasteiger partial charge in [0.05, 0.1) is 0 Å². The third-order valence-electron chi connectivity index (χ3n) is 2.17. The minimum atomic E-state index is 0.178. The predicted octanol–water partition coefficient (Wildman–Crippen LogP) is 2.55. The van der Waals surface area contributed by atoms with E-state index in [9.17, 15) is 0 Å². The summed E-state index contributed by atoms with van der Waals surface area (Å²) in [4.78, 5) is 4.71. The highest BCUT2D eigenvalue weighted by Crippen LogP contribution is 2.26. The molecule has 0 bridgehead atoms. The summed E-state index contributed by atoms with van der Waals surface area (Å²) in [7, 11) is 0. The van der Waals surface area contributed by atoms with Gasteiger partial charge in [0, 0.05) is 0 Å². The molecule has 1 aromatic rings. The Bertz CT molecular complexity index is 299. The minimum Gasteiger partial charge on any atom is -0.411 e. The molecule has 0 amide bonds. The molecule has 0 saturated heterocycles. The molecule has 0 saturated carbocycles. The first-order valence-electron chi connectivity index (χ1n) is 4.43. The zero-order valence-corrected chi connectivity index (χ0v) is 8.72. The lowest BCUT2D eigenvalue weighted by molar-refractivity contribution is 0.332. The molecule has 72 valence electrons. The van der Waals surface area contributed by atoms with Crippen molar-refractivity contribution >= 4 is 0 Å². The van der Waals surface area contributed by atoms with Crippen molar-refractivity contribution in [3.63, 3.8) is 0 Å². The van der Waals surface area contributed by atoms with Crippen molar-refractivity contribution in [2.24, 2.45) is 5.90 Å². The lowest BCUT2D eigenvalue weighted by Crippen LogP contribution is -2.12. The normalized spacial score (nSPS) is 11.5. The van der Waals surface area contributed by atoms with Crippen LogP contribution in [0.1, 0.15) is 31.9 Å². The van der Waals surface area contributed by atoms with Crippen LogP contribution in [0, 0.1) is 6.92 Å². The predicted molar refractivity (Wildman–Crippen MR) is 54.7 cm³/mol. The van der Waals surface area contributed by atoms with E-state index in [0.29, 0.717) is 0 Å². The van der Waals surface area contributed by atoms with Crippen molar-refractivity contribution in [2.45, 2.75) is 33.1 Å². The average molecular weight is 179 g/mol. The summed E-state index contributed by atoms with van der Waals surface area (Å²) < 4.78 is 0. The van der Waals surface area contributed by atoms with E-state index in [2.05, 4.69) is 32.9 Å². The van der Waals surface area contributed by atoms with E-state index in [0.717, 1.165) is 11.3 Å². The summed E-state index contributed by atoms with van der Waals surface area (Å²) in [6.07, 6.45) is 0. The second kappa shape index (κ2) is 3.38. The van der Waals surface area contributed by atoms with Crippen LogP contribution in [-0.2, 0) is 5.41 Å². The number of rotatable bonds is 1. The zero-order chi connectivity index (χ0) is 10.1. The number of hydrogen-bond acceptors (Lipinski definition) is 2. The summed E-state index contributed by atoms with van der Waals surface area (Å²) in [6.45, 7) is 8.55. The second-order valence-corrected chi connectivity index (χ2v) is 4.35. The fraction of sp³-hybridized carbons (Fsp3) is 0.455. The van der Waals surface area contributed by atoms with Crippen molar-refractivity contribution in [3.8, 4) is 5.75 Å². The summed E-state index contributed by atoms with van der Waals surface area (Å²) in [5.41, 5.74) is 2.55. The first kappa shape index (κ1) is 10.1. The molecular weight excluding hydrogens is 162 g/mol.